The zero-order valence-corrected chi connectivity index (χ0v) is 9.30. The standard InChI is InChI=1S/C11H19F3O2/c12-11(13,14)8-16-6-5-10(15)7-9-3-1-2-4-9/h9-10,15H,1-8H2. The van der Waals surface area contributed by atoms with Gasteiger partial charge in [-0.25, -0.2) is 0 Å². The summed E-state index contributed by atoms with van der Waals surface area (Å²) in [6, 6.07) is 0. The topological polar surface area (TPSA) is 29.5 Å². The van der Waals surface area contributed by atoms with E-state index in [1.807, 2.05) is 0 Å². The van der Waals surface area contributed by atoms with Gasteiger partial charge in [-0.3, -0.25) is 0 Å². The van der Waals surface area contributed by atoms with E-state index in [0.717, 1.165) is 12.8 Å². The molecule has 0 aromatic rings. The molecule has 0 aromatic carbocycles. The molecule has 1 fully saturated rings. The molecule has 0 saturated heterocycles. The molecule has 1 atom stereocenters. The zero-order valence-electron chi connectivity index (χ0n) is 9.30. The molecule has 1 N–H and O–H groups in total. The summed E-state index contributed by atoms with van der Waals surface area (Å²) in [5.74, 6) is 0.553. The maximum absolute atomic E-state index is 11.7. The molecule has 0 aromatic heterocycles. The number of hydrogen-bond acceptors (Lipinski definition) is 2. The Hall–Kier alpha value is -0.290. The molecule has 1 rings (SSSR count). The highest BCUT2D eigenvalue weighted by molar-refractivity contribution is 4.71. The molecule has 96 valence electrons. The maximum Gasteiger partial charge on any atom is 0.411 e. The van der Waals surface area contributed by atoms with E-state index in [2.05, 4.69) is 4.74 Å². The summed E-state index contributed by atoms with van der Waals surface area (Å²) in [5.41, 5.74) is 0. The fourth-order valence-corrected chi connectivity index (χ4v) is 2.16. The second-order valence-electron chi connectivity index (χ2n) is 4.50. The van der Waals surface area contributed by atoms with Gasteiger partial charge in [-0.15, -0.1) is 0 Å². The first kappa shape index (κ1) is 13.8. The van der Waals surface area contributed by atoms with Crippen molar-refractivity contribution >= 4 is 0 Å². The Morgan fingerprint density at radius 1 is 1.25 bits per heavy atom. The fourth-order valence-electron chi connectivity index (χ4n) is 2.16. The van der Waals surface area contributed by atoms with E-state index in [1.54, 1.807) is 0 Å². The number of ether oxygens (including phenoxy) is 1. The zero-order chi connectivity index (χ0) is 12.0. The Balaban J connectivity index is 1.99. The van der Waals surface area contributed by atoms with Crippen LogP contribution in [0.15, 0.2) is 0 Å². The first-order chi connectivity index (χ1) is 7.47. The highest BCUT2D eigenvalue weighted by Gasteiger charge is 2.27. The van der Waals surface area contributed by atoms with Crippen molar-refractivity contribution in [2.75, 3.05) is 13.2 Å². The molecule has 1 saturated carbocycles. The van der Waals surface area contributed by atoms with Gasteiger partial charge in [0, 0.05) is 6.61 Å². The van der Waals surface area contributed by atoms with Crippen molar-refractivity contribution in [3.05, 3.63) is 0 Å². The SMILES string of the molecule is OC(CCOCC(F)(F)F)CC1CCCC1. The van der Waals surface area contributed by atoms with Crippen LogP contribution < -0.4 is 0 Å². The van der Waals surface area contributed by atoms with Crippen molar-refractivity contribution in [3.8, 4) is 0 Å². The molecule has 0 amide bonds. The van der Waals surface area contributed by atoms with Crippen LogP contribution in [-0.4, -0.2) is 30.6 Å². The van der Waals surface area contributed by atoms with Gasteiger partial charge in [-0.05, 0) is 18.8 Å². The predicted molar refractivity (Wildman–Crippen MR) is 54.1 cm³/mol. The van der Waals surface area contributed by atoms with E-state index in [9.17, 15) is 18.3 Å². The van der Waals surface area contributed by atoms with Gasteiger partial charge in [0.05, 0.1) is 6.10 Å². The summed E-state index contributed by atoms with van der Waals surface area (Å²) >= 11 is 0. The number of aliphatic hydroxyl groups excluding tert-OH is 1. The molecule has 1 aliphatic carbocycles. The van der Waals surface area contributed by atoms with Crippen LogP contribution in [0, 0.1) is 5.92 Å². The van der Waals surface area contributed by atoms with Crippen LogP contribution in [0.3, 0.4) is 0 Å². The smallest absolute Gasteiger partial charge is 0.393 e. The van der Waals surface area contributed by atoms with Crippen molar-refractivity contribution < 1.29 is 23.0 Å². The predicted octanol–water partition coefficient (Wildman–Crippen LogP) is 2.90. The molecule has 2 nitrogen and oxygen atoms in total. The summed E-state index contributed by atoms with van der Waals surface area (Å²) in [5, 5.41) is 9.58. The van der Waals surface area contributed by atoms with Gasteiger partial charge in [-0.2, -0.15) is 13.2 Å². The van der Waals surface area contributed by atoms with Crippen molar-refractivity contribution in [1.29, 1.82) is 0 Å². The van der Waals surface area contributed by atoms with Crippen molar-refractivity contribution in [2.45, 2.75) is 50.8 Å². The summed E-state index contributed by atoms with van der Waals surface area (Å²) < 4.78 is 39.6. The molecule has 1 unspecified atom stereocenters. The average molecular weight is 240 g/mol. The van der Waals surface area contributed by atoms with Gasteiger partial charge in [0.15, 0.2) is 0 Å². The molecule has 0 bridgehead atoms. The molecular formula is C11H19F3O2. The van der Waals surface area contributed by atoms with E-state index in [4.69, 9.17) is 0 Å². The fraction of sp³-hybridized carbons (Fsp3) is 1.00. The third kappa shape index (κ3) is 6.33. The minimum Gasteiger partial charge on any atom is -0.393 e. The number of alkyl halides is 3. The molecule has 1 aliphatic rings. The van der Waals surface area contributed by atoms with Crippen LogP contribution in [0.1, 0.15) is 38.5 Å². The lowest BCUT2D eigenvalue weighted by Crippen LogP contribution is -2.20. The Kier molecular flexibility index (Phi) is 5.55. The third-order valence-electron chi connectivity index (χ3n) is 2.94. The van der Waals surface area contributed by atoms with E-state index >= 15 is 0 Å². The van der Waals surface area contributed by atoms with Crippen molar-refractivity contribution in [1.82, 2.24) is 0 Å². The third-order valence-corrected chi connectivity index (χ3v) is 2.94. The molecular weight excluding hydrogens is 221 g/mol. The lowest BCUT2D eigenvalue weighted by Gasteiger charge is -2.15. The minimum absolute atomic E-state index is 0.0204. The van der Waals surface area contributed by atoms with E-state index < -0.39 is 18.9 Å². The molecule has 5 heteroatoms. The molecule has 0 heterocycles. The minimum atomic E-state index is -4.27. The monoisotopic (exact) mass is 240 g/mol. The lowest BCUT2D eigenvalue weighted by molar-refractivity contribution is -0.175. The molecule has 0 radical (unpaired) electrons. The second kappa shape index (κ2) is 6.45. The second-order valence-corrected chi connectivity index (χ2v) is 4.50. The average Bonchev–Trinajstić information content (AvgIpc) is 2.63. The number of aliphatic hydroxyl groups is 1. The summed E-state index contributed by atoms with van der Waals surface area (Å²) in [4.78, 5) is 0. The summed E-state index contributed by atoms with van der Waals surface area (Å²) in [6.45, 7) is -1.24. The highest BCUT2D eigenvalue weighted by atomic mass is 19.4. The Morgan fingerprint density at radius 2 is 1.88 bits per heavy atom. The van der Waals surface area contributed by atoms with Crippen LogP contribution in [0.2, 0.25) is 0 Å². The van der Waals surface area contributed by atoms with Crippen LogP contribution in [0.25, 0.3) is 0 Å². The van der Waals surface area contributed by atoms with Crippen molar-refractivity contribution in [2.24, 2.45) is 5.92 Å². The van der Waals surface area contributed by atoms with E-state index in [1.165, 1.54) is 12.8 Å². The Morgan fingerprint density at radius 3 is 2.44 bits per heavy atom. The van der Waals surface area contributed by atoms with Crippen LogP contribution in [0.5, 0.6) is 0 Å². The largest absolute Gasteiger partial charge is 0.411 e. The quantitative estimate of drug-likeness (QED) is 0.723. The van der Waals surface area contributed by atoms with Crippen LogP contribution >= 0.6 is 0 Å². The maximum atomic E-state index is 11.7. The first-order valence-electron chi connectivity index (χ1n) is 5.80. The Bertz CT molecular complexity index is 188. The van der Waals surface area contributed by atoms with E-state index in [-0.39, 0.29) is 6.61 Å². The number of rotatable bonds is 6. The van der Waals surface area contributed by atoms with Gasteiger partial charge in [0.2, 0.25) is 0 Å². The van der Waals surface area contributed by atoms with Gasteiger partial charge in [0.25, 0.3) is 0 Å². The summed E-state index contributed by atoms with van der Waals surface area (Å²) in [6.07, 6.45) is 0.916. The number of hydrogen-bond donors (Lipinski definition) is 1. The molecule has 0 aliphatic heterocycles. The van der Waals surface area contributed by atoms with Gasteiger partial charge in [0.1, 0.15) is 6.61 Å². The first-order valence-corrected chi connectivity index (χ1v) is 5.80. The lowest BCUT2D eigenvalue weighted by atomic mass is 9.99. The van der Waals surface area contributed by atoms with Gasteiger partial charge < -0.3 is 9.84 Å². The number of halogens is 3. The van der Waals surface area contributed by atoms with Gasteiger partial charge in [-0.1, -0.05) is 25.7 Å². The highest BCUT2D eigenvalue weighted by Crippen LogP contribution is 2.29. The van der Waals surface area contributed by atoms with Crippen LogP contribution in [-0.2, 0) is 4.74 Å². The Labute approximate surface area is 93.8 Å². The van der Waals surface area contributed by atoms with Crippen LogP contribution in [0.4, 0.5) is 13.2 Å². The van der Waals surface area contributed by atoms with E-state index in [0.29, 0.717) is 18.8 Å². The van der Waals surface area contributed by atoms with Gasteiger partial charge >= 0.3 is 6.18 Å². The summed E-state index contributed by atoms with van der Waals surface area (Å²) in [7, 11) is 0. The molecule has 16 heavy (non-hydrogen) atoms. The molecule has 0 spiro atoms. The van der Waals surface area contributed by atoms with Crippen molar-refractivity contribution in [3.63, 3.8) is 0 Å². The normalized spacial score (nSPS) is 20.2.